The van der Waals surface area contributed by atoms with Crippen LogP contribution in [0.2, 0.25) is 0 Å². The summed E-state index contributed by atoms with van der Waals surface area (Å²) in [5.41, 5.74) is 5.44. The first-order valence-electron chi connectivity index (χ1n) is 5.51. The lowest BCUT2D eigenvalue weighted by Crippen LogP contribution is -2.65. The van der Waals surface area contributed by atoms with Crippen LogP contribution >= 0.6 is 0 Å². The van der Waals surface area contributed by atoms with Crippen molar-refractivity contribution in [1.82, 2.24) is 10.2 Å². The Morgan fingerprint density at radius 1 is 1.59 bits per heavy atom. The number of amides is 1. The third kappa shape index (κ3) is 2.58. The molecule has 1 amide bonds. The molecule has 1 aliphatic rings. The first-order valence-corrected chi connectivity index (χ1v) is 5.51. The van der Waals surface area contributed by atoms with Crippen LogP contribution < -0.4 is 15.5 Å². The number of carbonyl (C=O) groups excluding carboxylic acids is 1. The average molecular weight is 242 g/mol. The zero-order valence-corrected chi connectivity index (χ0v) is 9.70. The molecule has 1 aromatic rings. The van der Waals surface area contributed by atoms with Crippen LogP contribution in [0.5, 0.6) is 0 Å². The molecule has 2 rings (SSSR count). The highest BCUT2D eigenvalue weighted by Gasteiger charge is 2.28. The van der Waals surface area contributed by atoms with E-state index in [-0.39, 0.29) is 12.0 Å². The number of nitrogens with two attached hydrogens (primary N) is 1. The molecule has 8 heteroatoms. The van der Waals surface area contributed by atoms with Crippen molar-refractivity contribution in [2.24, 2.45) is 0 Å². The standard InChI is InChI=1S/C9H16N5O3/c1-2-16-9(15)12-3-5-13(6-4-12)14-7-8(10)17-11-14/h7H,2-6,10H2,1H3/q+1. The van der Waals surface area contributed by atoms with Crippen molar-refractivity contribution in [3.8, 4) is 0 Å². The maximum Gasteiger partial charge on any atom is 0.409 e. The lowest BCUT2D eigenvalue weighted by atomic mass is 10.4. The Bertz CT molecular complexity index is 386. The molecule has 0 atom stereocenters. The van der Waals surface area contributed by atoms with Gasteiger partial charge in [0.05, 0.1) is 24.5 Å². The second-order valence-electron chi connectivity index (χ2n) is 3.66. The van der Waals surface area contributed by atoms with E-state index in [2.05, 4.69) is 5.27 Å². The predicted molar refractivity (Wildman–Crippen MR) is 57.7 cm³/mol. The second kappa shape index (κ2) is 4.89. The molecule has 8 nitrogen and oxygen atoms in total. The first kappa shape index (κ1) is 11.5. The number of carbonyl (C=O) groups is 1. The molecular weight excluding hydrogens is 226 g/mol. The number of rotatable bonds is 2. The highest BCUT2D eigenvalue weighted by Crippen LogP contribution is 2.01. The summed E-state index contributed by atoms with van der Waals surface area (Å²) in [5, 5.41) is 5.69. The molecule has 2 N–H and O–H groups in total. The monoisotopic (exact) mass is 242 g/mol. The number of piperazine rings is 1. The van der Waals surface area contributed by atoms with Crippen molar-refractivity contribution >= 4 is 12.0 Å². The number of hydrogen-bond acceptors (Lipinski definition) is 6. The number of nitrogens with zero attached hydrogens (tertiary/aromatic N) is 4. The van der Waals surface area contributed by atoms with Crippen LogP contribution in [0.15, 0.2) is 10.7 Å². The van der Waals surface area contributed by atoms with Gasteiger partial charge in [0.2, 0.25) is 5.27 Å². The van der Waals surface area contributed by atoms with Crippen molar-refractivity contribution in [3.05, 3.63) is 6.20 Å². The topological polar surface area (TPSA) is 88.7 Å². The quantitative estimate of drug-likeness (QED) is 0.666. The molecule has 1 aromatic heterocycles. The Morgan fingerprint density at radius 2 is 2.29 bits per heavy atom. The minimum Gasteiger partial charge on any atom is -0.450 e. The lowest BCUT2D eigenvalue weighted by molar-refractivity contribution is -0.759. The molecular formula is C9H16N5O3+. The van der Waals surface area contributed by atoms with Gasteiger partial charge in [0.1, 0.15) is 0 Å². The van der Waals surface area contributed by atoms with E-state index in [4.69, 9.17) is 15.0 Å². The largest absolute Gasteiger partial charge is 0.450 e. The molecule has 17 heavy (non-hydrogen) atoms. The van der Waals surface area contributed by atoms with Gasteiger partial charge in [-0.15, -0.1) is 5.01 Å². The fourth-order valence-corrected chi connectivity index (χ4v) is 1.68. The predicted octanol–water partition coefficient (Wildman–Crippen LogP) is -1.05. The summed E-state index contributed by atoms with van der Waals surface area (Å²) in [6, 6.07) is 0. The zero-order valence-electron chi connectivity index (χ0n) is 9.70. The molecule has 0 bridgehead atoms. The van der Waals surface area contributed by atoms with Crippen LogP contribution in [0, 0.1) is 0 Å². The lowest BCUT2D eigenvalue weighted by Gasteiger charge is -2.29. The van der Waals surface area contributed by atoms with Gasteiger partial charge in [-0.1, -0.05) is 0 Å². The van der Waals surface area contributed by atoms with Gasteiger partial charge in [0, 0.05) is 13.1 Å². The molecule has 2 heterocycles. The molecule has 0 spiro atoms. The highest BCUT2D eigenvalue weighted by atomic mass is 16.6. The SMILES string of the molecule is CCOC(=O)N1CCN([n+]2cc(N)on2)CC1. The fraction of sp³-hybridized carbons (Fsp3) is 0.667. The number of ether oxygens (including phenoxy) is 1. The number of anilines is 1. The van der Waals surface area contributed by atoms with E-state index in [1.54, 1.807) is 22.8 Å². The highest BCUT2D eigenvalue weighted by molar-refractivity contribution is 5.67. The Morgan fingerprint density at radius 3 is 2.82 bits per heavy atom. The maximum atomic E-state index is 11.5. The Labute approximate surface area is 98.4 Å². The van der Waals surface area contributed by atoms with Crippen molar-refractivity contribution in [2.75, 3.05) is 43.5 Å². The smallest absolute Gasteiger partial charge is 0.409 e. The molecule has 0 radical (unpaired) electrons. The molecule has 1 fully saturated rings. The van der Waals surface area contributed by atoms with E-state index in [1.165, 1.54) is 0 Å². The van der Waals surface area contributed by atoms with Crippen LogP contribution in [0.25, 0.3) is 0 Å². The minimum absolute atomic E-state index is 0.262. The van der Waals surface area contributed by atoms with Gasteiger partial charge in [-0.05, 0) is 6.92 Å². The average Bonchev–Trinajstić information content (AvgIpc) is 2.76. The third-order valence-corrected chi connectivity index (χ3v) is 2.54. The van der Waals surface area contributed by atoms with Crippen molar-refractivity contribution < 1.29 is 18.8 Å². The summed E-state index contributed by atoms with van der Waals surface area (Å²) >= 11 is 0. The summed E-state index contributed by atoms with van der Waals surface area (Å²) in [4.78, 5) is 14.7. The van der Waals surface area contributed by atoms with Crippen molar-refractivity contribution in [1.29, 1.82) is 0 Å². The van der Waals surface area contributed by atoms with Gasteiger partial charge in [-0.25, -0.2) is 4.79 Å². The van der Waals surface area contributed by atoms with Crippen molar-refractivity contribution in [3.63, 3.8) is 0 Å². The van der Waals surface area contributed by atoms with Gasteiger partial charge in [-0.2, -0.15) is 0 Å². The van der Waals surface area contributed by atoms with E-state index in [0.29, 0.717) is 32.8 Å². The number of aromatic nitrogens is 2. The second-order valence-corrected chi connectivity index (χ2v) is 3.66. The van der Waals surface area contributed by atoms with E-state index in [1.807, 2.05) is 5.01 Å². The Kier molecular flexibility index (Phi) is 3.31. The summed E-state index contributed by atoms with van der Waals surface area (Å²) in [7, 11) is 0. The van der Waals surface area contributed by atoms with E-state index < -0.39 is 0 Å². The first-order chi connectivity index (χ1) is 8.20. The maximum absolute atomic E-state index is 11.5. The van der Waals surface area contributed by atoms with Gasteiger partial charge in [-0.3, -0.25) is 4.52 Å². The summed E-state index contributed by atoms with van der Waals surface area (Å²) in [5.74, 6) is 0.262. The summed E-state index contributed by atoms with van der Waals surface area (Å²) in [6.07, 6.45) is 1.33. The molecule has 0 aromatic carbocycles. The summed E-state index contributed by atoms with van der Waals surface area (Å²) in [6.45, 7) is 4.71. The van der Waals surface area contributed by atoms with Crippen LogP contribution in [0.1, 0.15) is 6.92 Å². The number of nitrogen functional groups attached to an aromatic ring is 1. The fourth-order valence-electron chi connectivity index (χ4n) is 1.68. The molecule has 0 unspecified atom stereocenters. The van der Waals surface area contributed by atoms with Gasteiger partial charge >= 0.3 is 6.09 Å². The van der Waals surface area contributed by atoms with E-state index in [0.717, 1.165) is 0 Å². The van der Waals surface area contributed by atoms with Gasteiger partial charge in [0.15, 0.2) is 0 Å². The molecule has 94 valence electrons. The summed E-state index contributed by atoms with van der Waals surface area (Å²) < 4.78 is 9.71. The minimum atomic E-state index is -0.267. The van der Waals surface area contributed by atoms with Gasteiger partial charge in [0.25, 0.3) is 12.1 Å². The van der Waals surface area contributed by atoms with Crippen molar-refractivity contribution in [2.45, 2.75) is 6.92 Å². The zero-order chi connectivity index (χ0) is 12.3. The van der Waals surface area contributed by atoms with Gasteiger partial charge < -0.3 is 15.4 Å². The Balaban J connectivity index is 1.88. The van der Waals surface area contributed by atoms with Crippen LogP contribution in [-0.4, -0.2) is 49.1 Å². The number of hydrogen-bond donors (Lipinski definition) is 1. The molecule has 1 aliphatic heterocycles. The van der Waals surface area contributed by atoms with E-state index in [9.17, 15) is 4.79 Å². The Hall–Kier alpha value is -1.99. The molecule has 0 saturated carbocycles. The van der Waals surface area contributed by atoms with Crippen LogP contribution in [0.4, 0.5) is 10.7 Å². The van der Waals surface area contributed by atoms with Crippen LogP contribution in [-0.2, 0) is 4.74 Å². The van der Waals surface area contributed by atoms with E-state index >= 15 is 0 Å². The molecule has 1 saturated heterocycles. The van der Waals surface area contributed by atoms with Crippen LogP contribution in [0.3, 0.4) is 0 Å². The third-order valence-electron chi connectivity index (χ3n) is 2.54. The normalized spacial score (nSPS) is 16.1. The molecule has 0 aliphatic carbocycles.